The maximum Gasteiger partial charge on any atom is 0.0640 e. The van der Waals surface area contributed by atoms with Crippen molar-refractivity contribution in [2.75, 3.05) is 9.80 Å². The molecule has 5 heteroatoms. The van der Waals surface area contributed by atoms with Gasteiger partial charge in [0.05, 0.1) is 21.8 Å². The van der Waals surface area contributed by atoms with E-state index >= 15 is 0 Å². The van der Waals surface area contributed by atoms with E-state index in [9.17, 15) is 0 Å². The summed E-state index contributed by atoms with van der Waals surface area (Å²) < 4.78 is 7.75. The molecule has 0 aliphatic carbocycles. The minimum Gasteiger partial charge on any atom is -0.309 e. The van der Waals surface area contributed by atoms with Gasteiger partial charge in [0.1, 0.15) is 0 Å². The molecule has 0 amide bonds. The Kier molecular flexibility index (Phi) is 7.48. The lowest BCUT2D eigenvalue weighted by Crippen LogP contribution is -2.11. The predicted molar refractivity (Wildman–Crippen MR) is 252 cm³/mol. The molecule has 3 heterocycles. The first-order valence-electron chi connectivity index (χ1n) is 19.2. The summed E-state index contributed by atoms with van der Waals surface area (Å²) >= 11 is 5.62. The van der Waals surface area contributed by atoms with Crippen molar-refractivity contribution >= 4 is 139 Å². The van der Waals surface area contributed by atoms with Gasteiger partial charge in [0.25, 0.3) is 0 Å². The second-order valence-corrected chi connectivity index (χ2v) is 17.7. The molecule has 57 heavy (non-hydrogen) atoms. The number of fused-ring (bicyclic) bond motifs is 10. The first-order valence-corrected chi connectivity index (χ1v) is 21.6. The van der Waals surface area contributed by atoms with Gasteiger partial charge in [0.15, 0.2) is 0 Å². The van der Waals surface area contributed by atoms with E-state index in [4.69, 9.17) is 0 Å². The maximum absolute atomic E-state index is 2.49. The van der Waals surface area contributed by atoms with Crippen LogP contribution in [0.25, 0.3) is 71.3 Å². The van der Waals surface area contributed by atoms with Crippen LogP contribution >= 0.6 is 34.0 Å². The second kappa shape index (κ2) is 13.0. The van der Waals surface area contributed by atoms with Crippen LogP contribution in [0.3, 0.4) is 0 Å². The largest absolute Gasteiger partial charge is 0.309 e. The van der Waals surface area contributed by atoms with E-state index in [1.54, 1.807) is 0 Å². The van der Waals surface area contributed by atoms with E-state index in [2.05, 4.69) is 204 Å². The van der Waals surface area contributed by atoms with Crippen molar-refractivity contribution in [2.24, 2.45) is 0 Å². The van der Waals surface area contributed by atoms with E-state index in [0.717, 1.165) is 22.7 Å². The fourth-order valence-electron chi connectivity index (χ4n) is 8.70. The number of benzene rings is 9. The summed E-state index contributed by atoms with van der Waals surface area (Å²) in [5.74, 6) is 0. The third-order valence-corrected chi connectivity index (χ3v) is 14.7. The summed E-state index contributed by atoms with van der Waals surface area (Å²) in [4.78, 5) is 4.94. The Bertz CT molecular complexity index is 3500. The topological polar surface area (TPSA) is 6.48 Å². The molecule has 0 atom stereocenters. The molecule has 0 bridgehead atoms. The summed E-state index contributed by atoms with van der Waals surface area (Å²) in [6.07, 6.45) is 0. The van der Waals surface area contributed by atoms with Crippen LogP contribution in [0.4, 0.5) is 34.1 Å². The standard InChI is InChI=1S/C52H32N2S3/c1-2-15-34(16-3-1)54(43-21-10-14-33-13-4-5-17-37(33)43)44-22-12-26-49-51(44)41-20-11-23-45(52(41)57-49)53(35-28-30-48-42(31-35)39-19-7-9-25-47(39)55-48)36-27-29-40-38-18-6-8-24-46(38)56-50(40)32-36/h1-32H. The lowest BCUT2D eigenvalue weighted by molar-refractivity contribution is 1.31. The van der Waals surface area contributed by atoms with Crippen molar-refractivity contribution in [3.8, 4) is 0 Å². The Morgan fingerprint density at radius 2 is 0.842 bits per heavy atom. The van der Waals surface area contributed by atoms with Crippen LogP contribution in [-0.4, -0.2) is 0 Å². The highest BCUT2D eigenvalue weighted by Crippen LogP contribution is 2.51. The zero-order valence-corrected chi connectivity index (χ0v) is 33.0. The van der Waals surface area contributed by atoms with Crippen LogP contribution in [0.15, 0.2) is 194 Å². The molecule has 9 aromatic carbocycles. The third kappa shape index (κ3) is 5.20. The Hall–Kier alpha value is -6.50. The SMILES string of the molecule is c1ccc(N(c2cccc3ccccc23)c2cccc3sc4c(N(c5ccc6c(c5)sc5ccccc56)c5ccc6sc7ccccc7c6c5)cccc4c23)cc1. The van der Waals surface area contributed by atoms with Gasteiger partial charge in [-0.15, -0.1) is 34.0 Å². The quantitative estimate of drug-likeness (QED) is 0.166. The Labute approximate surface area is 341 Å². The Morgan fingerprint density at radius 3 is 1.70 bits per heavy atom. The van der Waals surface area contributed by atoms with Gasteiger partial charge in [-0.1, -0.05) is 115 Å². The van der Waals surface area contributed by atoms with Crippen molar-refractivity contribution < 1.29 is 0 Å². The minimum absolute atomic E-state index is 1.13. The van der Waals surface area contributed by atoms with Crippen molar-refractivity contribution in [1.82, 2.24) is 0 Å². The number of anilines is 6. The van der Waals surface area contributed by atoms with Gasteiger partial charge in [-0.05, 0) is 84.2 Å². The Balaban J connectivity index is 1.12. The first-order chi connectivity index (χ1) is 28.3. The number of hydrogen-bond acceptors (Lipinski definition) is 5. The average molecular weight is 781 g/mol. The summed E-state index contributed by atoms with van der Waals surface area (Å²) in [5.41, 5.74) is 6.94. The van der Waals surface area contributed by atoms with Crippen LogP contribution < -0.4 is 9.80 Å². The maximum atomic E-state index is 2.49. The number of rotatable bonds is 6. The molecule has 0 saturated heterocycles. The summed E-state index contributed by atoms with van der Waals surface area (Å²) in [5, 5.41) is 10.2. The molecule has 268 valence electrons. The van der Waals surface area contributed by atoms with E-state index < -0.39 is 0 Å². The van der Waals surface area contributed by atoms with Crippen molar-refractivity contribution in [2.45, 2.75) is 0 Å². The summed E-state index contributed by atoms with van der Waals surface area (Å²) in [7, 11) is 0. The van der Waals surface area contributed by atoms with Crippen LogP contribution in [0.1, 0.15) is 0 Å². The fourth-order valence-corrected chi connectivity index (χ4v) is 12.2. The number of thiophene rings is 3. The molecule has 0 unspecified atom stereocenters. The fraction of sp³-hybridized carbons (Fsp3) is 0. The normalized spacial score (nSPS) is 11.9. The Morgan fingerprint density at radius 1 is 0.281 bits per heavy atom. The van der Waals surface area contributed by atoms with Gasteiger partial charge in [-0.3, -0.25) is 0 Å². The van der Waals surface area contributed by atoms with Crippen molar-refractivity contribution in [3.05, 3.63) is 194 Å². The third-order valence-electron chi connectivity index (χ3n) is 11.2. The molecule has 12 aromatic rings. The van der Waals surface area contributed by atoms with Gasteiger partial charge in [-0.25, -0.2) is 0 Å². The molecular formula is C52H32N2S3. The molecule has 2 nitrogen and oxygen atoms in total. The van der Waals surface area contributed by atoms with E-state index in [-0.39, 0.29) is 0 Å². The zero-order chi connectivity index (χ0) is 37.5. The highest BCUT2D eigenvalue weighted by Gasteiger charge is 2.24. The summed E-state index contributed by atoms with van der Waals surface area (Å²) in [6, 6.07) is 71.4. The molecule has 0 aliphatic heterocycles. The van der Waals surface area contributed by atoms with E-state index in [1.165, 1.54) is 82.7 Å². The summed E-state index contributed by atoms with van der Waals surface area (Å²) in [6.45, 7) is 0. The van der Waals surface area contributed by atoms with Crippen LogP contribution in [-0.2, 0) is 0 Å². The van der Waals surface area contributed by atoms with E-state index in [1.807, 2.05) is 34.0 Å². The molecular weight excluding hydrogens is 749 g/mol. The van der Waals surface area contributed by atoms with E-state index in [0.29, 0.717) is 0 Å². The van der Waals surface area contributed by atoms with Gasteiger partial charge in [0.2, 0.25) is 0 Å². The second-order valence-electron chi connectivity index (χ2n) is 14.5. The molecule has 0 N–H and O–H groups in total. The minimum atomic E-state index is 1.13. The predicted octanol–water partition coefficient (Wildman–Crippen LogP) is 16.9. The molecule has 0 fully saturated rings. The molecule has 3 aromatic heterocycles. The van der Waals surface area contributed by atoms with Gasteiger partial charge in [0, 0.05) is 78.3 Å². The lowest BCUT2D eigenvalue weighted by Gasteiger charge is -2.28. The van der Waals surface area contributed by atoms with Crippen molar-refractivity contribution in [3.63, 3.8) is 0 Å². The van der Waals surface area contributed by atoms with Crippen LogP contribution in [0, 0.1) is 0 Å². The van der Waals surface area contributed by atoms with Gasteiger partial charge >= 0.3 is 0 Å². The van der Waals surface area contributed by atoms with Crippen LogP contribution in [0.5, 0.6) is 0 Å². The van der Waals surface area contributed by atoms with Gasteiger partial charge in [-0.2, -0.15) is 0 Å². The number of para-hydroxylation sites is 1. The first kappa shape index (κ1) is 32.7. The smallest absolute Gasteiger partial charge is 0.0640 e. The molecule has 0 spiro atoms. The zero-order valence-electron chi connectivity index (χ0n) is 30.6. The van der Waals surface area contributed by atoms with Crippen LogP contribution in [0.2, 0.25) is 0 Å². The highest BCUT2D eigenvalue weighted by atomic mass is 32.1. The number of hydrogen-bond donors (Lipinski definition) is 0. The van der Waals surface area contributed by atoms with Crippen molar-refractivity contribution in [1.29, 1.82) is 0 Å². The highest BCUT2D eigenvalue weighted by molar-refractivity contribution is 7.27. The molecule has 0 saturated carbocycles. The average Bonchev–Trinajstić information content (AvgIpc) is 3.96. The van der Waals surface area contributed by atoms with Gasteiger partial charge < -0.3 is 9.80 Å². The monoisotopic (exact) mass is 780 g/mol. The lowest BCUT2D eigenvalue weighted by atomic mass is 10.0. The molecule has 0 aliphatic rings. The molecule has 0 radical (unpaired) electrons. The molecule has 12 rings (SSSR count). The number of nitrogens with zero attached hydrogens (tertiary/aromatic N) is 2.